The monoisotopic (exact) mass is 326 g/mol. The number of hydrogen-bond acceptors (Lipinski definition) is 6. The van der Waals surface area contributed by atoms with Gasteiger partial charge < -0.3 is 24.9 Å². The summed E-state index contributed by atoms with van der Waals surface area (Å²) in [4.78, 5) is 25.3. The van der Waals surface area contributed by atoms with Crippen molar-refractivity contribution in [2.75, 3.05) is 18.6 Å². The van der Waals surface area contributed by atoms with Gasteiger partial charge in [-0.3, -0.25) is 0 Å². The first-order chi connectivity index (χ1) is 11.7. The van der Waals surface area contributed by atoms with Gasteiger partial charge in [-0.25, -0.2) is 4.79 Å². The summed E-state index contributed by atoms with van der Waals surface area (Å²) in [5, 5.41) is 0. The Morgan fingerprint density at radius 3 is 2.83 bits per heavy atom. The van der Waals surface area contributed by atoms with E-state index in [1.165, 1.54) is 7.11 Å². The van der Waals surface area contributed by atoms with Gasteiger partial charge in [-0.05, 0) is 29.8 Å². The minimum absolute atomic E-state index is 0.229. The van der Waals surface area contributed by atoms with Crippen molar-refractivity contribution < 1.29 is 19.1 Å². The number of hydrogen-bond donors (Lipinski definition) is 1. The first-order valence-corrected chi connectivity index (χ1v) is 7.57. The van der Waals surface area contributed by atoms with Crippen LogP contribution in [0.1, 0.15) is 15.9 Å². The zero-order chi connectivity index (χ0) is 17.1. The lowest BCUT2D eigenvalue weighted by molar-refractivity contribution is -0.109. The standard InChI is InChI=1S/C18H18N2O4/c1-23-18(22)12-6-7-17-16(8-12)20(14(10-21)11-24-17)15-5-3-2-4-13(15)9-19/h2-8,10,14H,9,11,19H2,1H3. The highest BCUT2D eigenvalue weighted by molar-refractivity contribution is 5.92. The molecule has 0 saturated carbocycles. The van der Waals surface area contributed by atoms with Gasteiger partial charge >= 0.3 is 5.97 Å². The maximum absolute atomic E-state index is 11.8. The molecular weight excluding hydrogens is 308 g/mol. The van der Waals surface area contributed by atoms with E-state index in [1.54, 1.807) is 18.2 Å². The molecule has 6 heteroatoms. The molecule has 3 rings (SSSR count). The van der Waals surface area contributed by atoms with E-state index in [0.717, 1.165) is 17.5 Å². The lowest BCUT2D eigenvalue weighted by atomic mass is 10.1. The summed E-state index contributed by atoms with van der Waals surface area (Å²) in [6.07, 6.45) is 0.834. The second-order valence-corrected chi connectivity index (χ2v) is 5.39. The predicted molar refractivity (Wildman–Crippen MR) is 89.6 cm³/mol. The van der Waals surface area contributed by atoms with E-state index < -0.39 is 12.0 Å². The van der Waals surface area contributed by atoms with Gasteiger partial charge in [0.15, 0.2) is 0 Å². The smallest absolute Gasteiger partial charge is 0.337 e. The van der Waals surface area contributed by atoms with Crippen molar-refractivity contribution >= 4 is 23.6 Å². The quantitative estimate of drug-likeness (QED) is 0.684. The molecule has 24 heavy (non-hydrogen) atoms. The summed E-state index contributed by atoms with van der Waals surface area (Å²) < 4.78 is 10.4. The number of fused-ring (bicyclic) bond motifs is 1. The Balaban J connectivity index is 2.17. The summed E-state index contributed by atoms with van der Waals surface area (Å²) in [7, 11) is 1.33. The van der Waals surface area contributed by atoms with Crippen molar-refractivity contribution in [1.82, 2.24) is 0 Å². The number of nitrogens with two attached hydrogens (primary N) is 1. The van der Waals surface area contributed by atoms with E-state index in [2.05, 4.69) is 0 Å². The molecule has 2 aromatic carbocycles. The Hall–Kier alpha value is -2.86. The number of carbonyl (C=O) groups is 2. The number of ether oxygens (including phenoxy) is 2. The van der Waals surface area contributed by atoms with Crippen LogP contribution < -0.4 is 15.4 Å². The van der Waals surface area contributed by atoms with Gasteiger partial charge in [0, 0.05) is 12.2 Å². The number of rotatable bonds is 4. The molecule has 0 fully saturated rings. The highest BCUT2D eigenvalue weighted by Crippen LogP contribution is 2.40. The van der Waals surface area contributed by atoms with E-state index in [9.17, 15) is 9.59 Å². The predicted octanol–water partition coefficient (Wildman–Crippen LogP) is 2.03. The Morgan fingerprint density at radius 1 is 1.33 bits per heavy atom. The summed E-state index contributed by atoms with van der Waals surface area (Å²) in [5.41, 5.74) is 8.60. The van der Waals surface area contributed by atoms with Gasteiger partial charge in [0.1, 0.15) is 24.7 Å². The third-order valence-electron chi connectivity index (χ3n) is 4.01. The number of aldehydes is 1. The highest BCUT2D eigenvalue weighted by atomic mass is 16.5. The van der Waals surface area contributed by atoms with E-state index >= 15 is 0 Å². The highest BCUT2D eigenvalue weighted by Gasteiger charge is 2.30. The van der Waals surface area contributed by atoms with Crippen molar-refractivity contribution in [2.45, 2.75) is 12.6 Å². The van der Waals surface area contributed by atoms with Crippen LogP contribution in [0.4, 0.5) is 11.4 Å². The first-order valence-electron chi connectivity index (χ1n) is 7.57. The second-order valence-electron chi connectivity index (χ2n) is 5.39. The molecule has 0 spiro atoms. The number of esters is 1. The number of nitrogens with zero attached hydrogens (tertiary/aromatic N) is 1. The van der Waals surface area contributed by atoms with Crippen LogP contribution in [0.3, 0.4) is 0 Å². The molecule has 124 valence electrons. The van der Waals surface area contributed by atoms with Gasteiger partial charge in [-0.2, -0.15) is 0 Å². The average molecular weight is 326 g/mol. The van der Waals surface area contributed by atoms with Crippen LogP contribution in [-0.4, -0.2) is 32.0 Å². The molecule has 0 aliphatic carbocycles. The third kappa shape index (κ3) is 2.72. The van der Waals surface area contributed by atoms with Gasteiger partial charge in [-0.1, -0.05) is 18.2 Å². The summed E-state index contributed by atoms with van der Waals surface area (Å²) in [5.74, 6) is 0.158. The molecule has 0 bridgehead atoms. The van der Waals surface area contributed by atoms with Crippen molar-refractivity contribution in [1.29, 1.82) is 0 Å². The maximum Gasteiger partial charge on any atom is 0.337 e. The fraction of sp³-hybridized carbons (Fsp3) is 0.222. The number of benzene rings is 2. The topological polar surface area (TPSA) is 81.9 Å². The largest absolute Gasteiger partial charge is 0.489 e. The van der Waals surface area contributed by atoms with Crippen LogP contribution in [0.5, 0.6) is 5.75 Å². The van der Waals surface area contributed by atoms with E-state index in [-0.39, 0.29) is 6.61 Å². The van der Waals surface area contributed by atoms with Gasteiger partial charge in [0.25, 0.3) is 0 Å². The molecule has 1 unspecified atom stereocenters. The normalized spacial score (nSPS) is 16.1. The fourth-order valence-electron chi connectivity index (χ4n) is 2.83. The zero-order valence-corrected chi connectivity index (χ0v) is 13.3. The van der Waals surface area contributed by atoms with Crippen molar-refractivity contribution in [3.05, 3.63) is 53.6 Å². The Labute approximate surface area is 139 Å². The van der Waals surface area contributed by atoms with E-state index in [4.69, 9.17) is 15.2 Å². The molecule has 2 N–H and O–H groups in total. The van der Waals surface area contributed by atoms with Gasteiger partial charge in [0.05, 0.1) is 18.4 Å². The summed E-state index contributed by atoms with van der Waals surface area (Å²) in [6.45, 7) is 0.568. The number of carbonyl (C=O) groups excluding carboxylic acids is 2. The Kier molecular flexibility index (Phi) is 4.48. The van der Waals surface area contributed by atoms with Crippen LogP contribution in [0.25, 0.3) is 0 Å². The second kappa shape index (κ2) is 6.72. The van der Waals surface area contributed by atoms with Crippen LogP contribution >= 0.6 is 0 Å². The molecule has 6 nitrogen and oxygen atoms in total. The van der Waals surface area contributed by atoms with Crippen LogP contribution in [-0.2, 0) is 16.1 Å². The zero-order valence-electron chi connectivity index (χ0n) is 13.3. The summed E-state index contributed by atoms with van der Waals surface area (Å²) in [6, 6.07) is 12.1. The van der Waals surface area contributed by atoms with Crippen LogP contribution in [0.15, 0.2) is 42.5 Å². The van der Waals surface area contributed by atoms with Crippen molar-refractivity contribution in [3.63, 3.8) is 0 Å². The molecule has 2 aromatic rings. The number of methoxy groups -OCH3 is 1. The molecule has 1 heterocycles. The van der Waals surface area contributed by atoms with E-state index in [1.807, 2.05) is 29.2 Å². The van der Waals surface area contributed by atoms with Crippen LogP contribution in [0, 0.1) is 0 Å². The van der Waals surface area contributed by atoms with Crippen molar-refractivity contribution in [2.24, 2.45) is 5.73 Å². The Morgan fingerprint density at radius 2 is 2.12 bits per heavy atom. The number of para-hydroxylation sites is 1. The van der Waals surface area contributed by atoms with Crippen molar-refractivity contribution in [3.8, 4) is 5.75 Å². The SMILES string of the molecule is COC(=O)c1ccc2c(c1)N(c1ccccc1CN)C(C=O)CO2. The fourth-order valence-corrected chi connectivity index (χ4v) is 2.83. The molecular formula is C18H18N2O4. The Bertz CT molecular complexity index is 775. The summed E-state index contributed by atoms with van der Waals surface area (Å²) >= 11 is 0. The average Bonchev–Trinajstić information content (AvgIpc) is 2.65. The molecule has 1 aliphatic rings. The lowest BCUT2D eigenvalue weighted by Crippen LogP contribution is -2.41. The maximum atomic E-state index is 11.8. The third-order valence-corrected chi connectivity index (χ3v) is 4.01. The minimum Gasteiger partial charge on any atom is -0.489 e. The van der Waals surface area contributed by atoms with E-state index in [0.29, 0.717) is 23.5 Å². The molecule has 0 aromatic heterocycles. The first kappa shape index (κ1) is 16.0. The molecule has 0 saturated heterocycles. The number of anilines is 2. The molecule has 1 aliphatic heterocycles. The van der Waals surface area contributed by atoms with Crippen LogP contribution in [0.2, 0.25) is 0 Å². The minimum atomic E-state index is -0.502. The van der Waals surface area contributed by atoms with Gasteiger partial charge in [-0.15, -0.1) is 0 Å². The lowest BCUT2D eigenvalue weighted by Gasteiger charge is -2.37. The van der Waals surface area contributed by atoms with Gasteiger partial charge in [0.2, 0.25) is 0 Å². The molecule has 0 amide bonds. The molecule has 1 atom stereocenters. The molecule has 0 radical (unpaired) electrons.